The van der Waals surface area contributed by atoms with Crippen LogP contribution in [0.4, 0.5) is 10.1 Å². The Labute approximate surface area is 203 Å². The smallest absolute Gasteiger partial charge is 0.305 e. The second kappa shape index (κ2) is 7.15. The predicted molar refractivity (Wildman–Crippen MR) is 129 cm³/mol. The number of aromatic amines is 1. The first-order valence-electron chi connectivity index (χ1n) is 11.5. The lowest BCUT2D eigenvalue weighted by molar-refractivity contribution is -0.123. The van der Waals surface area contributed by atoms with Crippen molar-refractivity contribution in [2.75, 3.05) is 4.90 Å². The molecule has 3 heterocycles. The molecule has 1 N–H and O–H groups in total. The van der Waals surface area contributed by atoms with Gasteiger partial charge >= 0.3 is 4.87 Å². The number of fused-ring (bicyclic) bond motifs is 9. The van der Waals surface area contributed by atoms with Crippen LogP contribution in [-0.2, 0) is 9.59 Å². The number of nitrogens with one attached hydrogen (secondary N) is 1. The van der Waals surface area contributed by atoms with Crippen LogP contribution in [0.15, 0.2) is 58.4 Å². The molecule has 7 atom stereocenters. The van der Waals surface area contributed by atoms with Crippen LogP contribution in [0.25, 0.3) is 0 Å². The van der Waals surface area contributed by atoms with Gasteiger partial charge in [0.2, 0.25) is 11.8 Å². The molecule has 2 aliphatic heterocycles. The number of H-pyrrole nitrogens is 1. The minimum absolute atomic E-state index is 0.0320. The number of anilines is 1. The van der Waals surface area contributed by atoms with Gasteiger partial charge in [-0.3, -0.25) is 19.3 Å². The maximum atomic E-state index is 13.6. The Kier molecular flexibility index (Phi) is 4.34. The highest BCUT2D eigenvalue weighted by Crippen LogP contribution is 2.68. The van der Waals surface area contributed by atoms with Crippen molar-refractivity contribution < 1.29 is 14.0 Å². The summed E-state index contributed by atoms with van der Waals surface area (Å²) in [4.78, 5) is 44.8. The van der Waals surface area contributed by atoms with Crippen molar-refractivity contribution >= 4 is 40.6 Å². The first kappa shape index (κ1) is 20.6. The molecule has 3 fully saturated rings. The number of thiazole rings is 1. The van der Waals surface area contributed by atoms with E-state index in [1.807, 2.05) is 0 Å². The summed E-state index contributed by atoms with van der Waals surface area (Å²) in [5.41, 5.74) is 2.78. The van der Waals surface area contributed by atoms with Crippen molar-refractivity contribution in [3.63, 3.8) is 0 Å². The minimum Gasteiger partial charge on any atom is -0.307 e. The third-order valence-corrected chi connectivity index (χ3v) is 10.8. The number of hydrogen-bond acceptors (Lipinski definition) is 5. The topological polar surface area (TPSA) is 70.2 Å². The molecule has 1 saturated heterocycles. The summed E-state index contributed by atoms with van der Waals surface area (Å²) in [6.07, 6.45) is 0.855. The largest absolute Gasteiger partial charge is 0.307 e. The van der Waals surface area contributed by atoms with Gasteiger partial charge in [0.05, 0.1) is 22.5 Å². The van der Waals surface area contributed by atoms with E-state index in [4.69, 9.17) is 0 Å². The number of benzene rings is 2. The molecule has 0 radical (unpaired) electrons. The van der Waals surface area contributed by atoms with Gasteiger partial charge in [0, 0.05) is 16.0 Å². The zero-order valence-electron chi connectivity index (χ0n) is 18.2. The number of thioether (sulfide) groups is 1. The SMILES string of the molecule is Cc1ccc([C@H]2c3sc(=O)[nH]c3S[C@@H]3[C@@H]4C[C@H]([C@H]5C(=O)N(c6ccc(F)cc6)C(=O)[C@H]45)[C@H]23)cc1. The second-order valence-electron chi connectivity index (χ2n) is 9.86. The Morgan fingerprint density at radius 1 is 0.941 bits per heavy atom. The van der Waals surface area contributed by atoms with Gasteiger partial charge in [0.15, 0.2) is 0 Å². The van der Waals surface area contributed by atoms with Crippen LogP contribution in [0, 0.1) is 42.3 Å². The highest BCUT2D eigenvalue weighted by atomic mass is 32.2. The van der Waals surface area contributed by atoms with E-state index >= 15 is 0 Å². The molecule has 172 valence electrons. The van der Waals surface area contributed by atoms with E-state index in [-0.39, 0.29) is 57.4 Å². The number of aryl methyl sites for hydroxylation is 1. The quantitative estimate of drug-likeness (QED) is 0.533. The van der Waals surface area contributed by atoms with Crippen LogP contribution in [0.1, 0.15) is 28.3 Å². The Hall–Kier alpha value is -2.71. The molecule has 5 nitrogen and oxygen atoms in total. The Balaban J connectivity index is 1.32. The second-order valence-corrected chi connectivity index (χ2v) is 12.1. The molecule has 3 aromatic rings. The van der Waals surface area contributed by atoms with Crippen molar-refractivity contribution in [2.45, 2.75) is 29.5 Å². The number of nitrogens with zero attached hydrogens (tertiary/aromatic N) is 1. The van der Waals surface area contributed by atoms with Gasteiger partial charge < -0.3 is 4.98 Å². The van der Waals surface area contributed by atoms with Gasteiger partial charge in [-0.2, -0.15) is 0 Å². The molecular weight excluding hydrogens is 471 g/mol. The molecule has 0 unspecified atom stereocenters. The summed E-state index contributed by atoms with van der Waals surface area (Å²) in [5, 5.41) is 1.08. The van der Waals surface area contributed by atoms with Crippen LogP contribution < -0.4 is 9.77 Å². The molecule has 2 amide bonds. The van der Waals surface area contributed by atoms with E-state index in [0.717, 1.165) is 21.9 Å². The molecule has 4 aliphatic rings. The average molecular weight is 493 g/mol. The van der Waals surface area contributed by atoms with Crippen LogP contribution in [0.2, 0.25) is 0 Å². The van der Waals surface area contributed by atoms with E-state index in [9.17, 15) is 18.8 Å². The van der Waals surface area contributed by atoms with Crippen molar-refractivity contribution in [3.05, 3.63) is 80.0 Å². The number of carbonyl (C=O) groups excluding carboxylic acids is 2. The molecule has 2 saturated carbocycles. The van der Waals surface area contributed by atoms with Crippen LogP contribution in [0.3, 0.4) is 0 Å². The predicted octanol–water partition coefficient (Wildman–Crippen LogP) is 4.56. The number of imide groups is 1. The van der Waals surface area contributed by atoms with Crippen molar-refractivity contribution in [2.24, 2.45) is 29.6 Å². The van der Waals surface area contributed by atoms with Crippen LogP contribution >= 0.6 is 23.1 Å². The molecule has 34 heavy (non-hydrogen) atoms. The van der Waals surface area contributed by atoms with E-state index in [2.05, 4.69) is 36.2 Å². The normalized spacial score (nSPS) is 33.2. The maximum Gasteiger partial charge on any atom is 0.305 e. The summed E-state index contributed by atoms with van der Waals surface area (Å²) >= 11 is 2.96. The van der Waals surface area contributed by atoms with Gasteiger partial charge in [0.25, 0.3) is 0 Å². The molecule has 2 aliphatic carbocycles. The number of hydrogen-bond donors (Lipinski definition) is 1. The van der Waals surface area contributed by atoms with Gasteiger partial charge in [0.1, 0.15) is 5.82 Å². The first-order valence-corrected chi connectivity index (χ1v) is 13.2. The van der Waals surface area contributed by atoms with E-state index in [0.29, 0.717) is 5.69 Å². The fraction of sp³-hybridized carbons (Fsp3) is 0.346. The number of rotatable bonds is 2. The lowest BCUT2D eigenvalue weighted by atomic mass is 9.68. The first-order chi connectivity index (χ1) is 16.4. The van der Waals surface area contributed by atoms with Crippen LogP contribution in [0.5, 0.6) is 0 Å². The number of carbonyl (C=O) groups is 2. The molecular formula is C26H21FN2O3S2. The monoisotopic (exact) mass is 492 g/mol. The number of aromatic nitrogens is 1. The van der Waals surface area contributed by atoms with Crippen molar-refractivity contribution in [1.82, 2.24) is 4.98 Å². The minimum atomic E-state index is -0.397. The summed E-state index contributed by atoms with van der Waals surface area (Å²) in [5.74, 6) is -1.05. The fourth-order valence-corrected chi connectivity index (χ4v) is 9.90. The standard InChI is InChI=1S/C26H21FN2O3S2/c1-11-2-4-12(5-3-11)17-18-15-10-16(21(18)33-23-22(17)34-26(32)28-23)20-19(15)24(30)29(25(20)31)14-8-6-13(27)7-9-14/h2-9,15-21H,10H2,1H3,(H,28,32)/t15-,16+,17+,18+,19+,20+,21+/m0/s1. The van der Waals surface area contributed by atoms with E-state index < -0.39 is 5.82 Å². The van der Waals surface area contributed by atoms with Gasteiger partial charge in [-0.15, -0.1) is 11.8 Å². The maximum absolute atomic E-state index is 13.6. The Morgan fingerprint density at radius 3 is 2.32 bits per heavy atom. The van der Waals surface area contributed by atoms with Crippen LogP contribution in [-0.4, -0.2) is 22.0 Å². The lowest BCUT2D eigenvalue weighted by Crippen LogP contribution is -2.42. The fourth-order valence-electron chi connectivity index (χ4n) is 7.01. The molecule has 2 aromatic carbocycles. The van der Waals surface area contributed by atoms with Gasteiger partial charge in [-0.25, -0.2) is 4.39 Å². The molecule has 7 rings (SSSR count). The van der Waals surface area contributed by atoms with E-state index in [1.165, 1.54) is 46.1 Å². The lowest BCUT2D eigenvalue weighted by Gasteiger charge is -2.43. The number of amides is 2. The summed E-state index contributed by atoms with van der Waals surface area (Å²) < 4.78 is 13.5. The summed E-state index contributed by atoms with van der Waals surface area (Å²) in [7, 11) is 0. The molecule has 2 bridgehead atoms. The third kappa shape index (κ3) is 2.69. The zero-order chi connectivity index (χ0) is 23.3. The molecule has 8 heteroatoms. The Bertz CT molecular complexity index is 1400. The average Bonchev–Trinajstić information content (AvgIpc) is 3.54. The molecule has 0 spiro atoms. The van der Waals surface area contributed by atoms with Gasteiger partial charge in [-0.1, -0.05) is 41.2 Å². The number of halogens is 1. The molecule has 1 aromatic heterocycles. The van der Waals surface area contributed by atoms with Gasteiger partial charge in [-0.05, 0) is 60.9 Å². The highest BCUT2D eigenvalue weighted by Gasteiger charge is 2.69. The third-order valence-electron chi connectivity index (χ3n) is 8.25. The van der Waals surface area contributed by atoms with Crippen molar-refractivity contribution in [3.8, 4) is 0 Å². The Morgan fingerprint density at radius 2 is 1.62 bits per heavy atom. The van der Waals surface area contributed by atoms with Crippen molar-refractivity contribution in [1.29, 1.82) is 0 Å². The summed E-state index contributed by atoms with van der Waals surface area (Å²) in [6.45, 7) is 2.05. The summed E-state index contributed by atoms with van der Waals surface area (Å²) in [6, 6.07) is 14.1. The zero-order valence-corrected chi connectivity index (χ0v) is 19.9. The highest BCUT2D eigenvalue weighted by molar-refractivity contribution is 8.00. The van der Waals surface area contributed by atoms with E-state index in [1.54, 1.807) is 11.8 Å².